The number of benzene rings is 2. The van der Waals surface area contributed by atoms with Gasteiger partial charge in [0.2, 0.25) is 5.91 Å². The largest absolute Gasteiger partial charge is 0.351 e. The fourth-order valence-corrected chi connectivity index (χ4v) is 5.63. The van der Waals surface area contributed by atoms with Gasteiger partial charge < -0.3 is 5.32 Å². The Hall–Kier alpha value is -2.22. The van der Waals surface area contributed by atoms with Crippen LogP contribution in [0.25, 0.3) is 5.69 Å². The van der Waals surface area contributed by atoms with Crippen LogP contribution in [0.3, 0.4) is 0 Å². The zero-order chi connectivity index (χ0) is 22.0. The normalized spacial score (nSPS) is 17.4. The van der Waals surface area contributed by atoms with E-state index in [1.54, 1.807) is 40.6 Å². The van der Waals surface area contributed by atoms with Crippen LogP contribution in [0.2, 0.25) is 5.02 Å². The molecule has 4 rings (SSSR count). The highest BCUT2D eigenvalue weighted by Gasteiger charge is 2.33. The Morgan fingerprint density at radius 3 is 2.58 bits per heavy atom. The predicted molar refractivity (Wildman–Crippen MR) is 128 cm³/mol. The van der Waals surface area contributed by atoms with Crippen LogP contribution in [-0.4, -0.2) is 26.5 Å². The van der Waals surface area contributed by atoms with Crippen molar-refractivity contribution in [2.45, 2.75) is 41.7 Å². The van der Waals surface area contributed by atoms with Crippen LogP contribution in [0.4, 0.5) is 0 Å². The van der Waals surface area contributed by atoms with E-state index in [-0.39, 0.29) is 28.4 Å². The zero-order valence-electron chi connectivity index (χ0n) is 17.2. The maximum atomic E-state index is 13.4. The summed E-state index contributed by atoms with van der Waals surface area (Å²) in [5, 5.41) is 5.07. The summed E-state index contributed by atoms with van der Waals surface area (Å²) in [6.45, 7) is 4.63. The van der Waals surface area contributed by atoms with Crippen molar-refractivity contribution in [2.24, 2.45) is 0 Å². The van der Waals surface area contributed by atoms with E-state index in [4.69, 9.17) is 16.6 Å². The standard InChI is InChI=1S/C23H22ClN3O2S2/c1-14-15(2)31-21-20(14)22(29)27(18-10-8-17(24)9-11-18)23(26-21)30-13-19(28)25-12-16-6-4-3-5-7-16/h3-11,14-15H,12-13H2,1-2H3,(H,25,28)/t14-,15-/m1/s1. The molecule has 31 heavy (non-hydrogen) atoms. The Bertz CT molecular complexity index is 1150. The molecule has 1 aliphatic heterocycles. The van der Waals surface area contributed by atoms with Gasteiger partial charge in [0.1, 0.15) is 5.03 Å². The molecule has 5 nitrogen and oxygen atoms in total. The summed E-state index contributed by atoms with van der Waals surface area (Å²) in [7, 11) is 0. The van der Waals surface area contributed by atoms with Crippen LogP contribution in [0.15, 0.2) is 69.6 Å². The molecule has 1 aromatic heterocycles. The lowest BCUT2D eigenvalue weighted by molar-refractivity contribution is -0.118. The molecular formula is C23H22ClN3O2S2. The van der Waals surface area contributed by atoms with E-state index in [0.717, 1.165) is 16.2 Å². The molecule has 3 aromatic rings. The molecule has 0 saturated heterocycles. The van der Waals surface area contributed by atoms with Gasteiger partial charge in [0, 0.05) is 22.7 Å². The second-order valence-corrected chi connectivity index (χ2v) is 10.1. The lowest BCUT2D eigenvalue weighted by Gasteiger charge is -2.15. The molecule has 0 saturated carbocycles. The first-order valence-electron chi connectivity index (χ1n) is 9.97. The monoisotopic (exact) mass is 471 g/mol. The number of nitrogens with zero attached hydrogens (tertiary/aromatic N) is 2. The number of aromatic nitrogens is 2. The minimum Gasteiger partial charge on any atom is -0.351 e. The maximum Gasteiger partial charge on any atom is 0.263 e. The highest BCUT2D eigenvalue weighted by Crippen LogP contribution is 2.43. The van der Waals surface area contributed by atoms with E-state index in [9.17, 15) is 9.59 Å². The quantitative estimate of drug-likeness (QED) is 0.315. The Kier molecular flexibility index (Phi) is 6.74. The summed E-state index contributed by atoms with van der Waals surface area (Å²) >= 11 is 8.92. The SMILES string of the molecule is C[C@H]1Sc2nc(SCC(=O)NCc3ccccc3)n(-c3ccc(Cl)cc3)c(=O)c2[C@@H]1C. The van der Waals surface area contributed by atoms with E-state index in [2.05, 4.69) is 19.2 Å². The van der Waals surface area contributed by atoms with Gasteiger partial charge in [0.15, 0.2) is 5.16 Å². The molecule has 1 amide bonds. The summed E-state index contributed by atoms with van der Waals surface area (Å²) < 4.78 is 1.60. The molecule has 2 heterocycles. The highest BCUT2D eigenvalue weighted by atomic mass is 35.5. The van der Waals surface area contributed by atoms with Gasteiger partial charge in [-0.15, -0.1) is 11.8 Å². The molecule has 160 valence electrons. The van der Waals surface area contributed by atoms with Crippen molar-refractivity contribution in [3.05, 3.63) is 81.1 Å². The minimum absolute atomic E-state index is 0.0798. The fraction of sp³-hybridized carbons (Fsp3) is 0.261. The molecule has 0 radical (unpaired) electrons. The Morgan fingerprint density at radius 1 is 1.16 bits per heavy atom. The molecular weight excluding hydrogens is 450 g/mol. The topological polar surface area (TPSA) is 64.0 Å². The molecule has 0 unspecified atom stereocenters. The average Bonchev–Trinajstić information content (AvgIpc) is 3.06. The van der Waals surface area contributed by atoms with Crippen molar-refractivity contribution < 1.29 is 4.79 Å². The first-order chi connectivity index (χ1) is 14.9. The number of hydrogen-bond donors (Lipinski definition) is 1. The third-order valence-electron chi connectivity index (χ3n) is 5.26. The third-order valence-corrected chi connectivity index (χ3v) is 7.76. The summed E-state index contributed by atoms with van der Waals surface area (Å²) in [4.78, 5) is 30.7. The van der Waals surface area contributed by atoms with Gasteiger partial charge in [-0.3, -0.25) is 14.2 Å². The molecule has 2 aromatic carbocycles. The smallest absolute Gasteiger partial charge is 0.263 e. The van der Waals surface area contributed by atoms with Gasteiger partial charge in [-0.2, -0.15) is 0 Å². The molecule has 0 fully saturated rings. The zero-order valence-corrected chi connectivity index (χ0v) is 19.6. The average molecular weight is 472 g/mol. The second-order valence-electron chi connectivity index (χ2n) is 7.39. The number of hydrogen-bond acceptors (Lipinski definition) is 5. The number of halogens is 1. The highest BCUT2D eigenvalue weighted by molar-refractivity contribution is 8.00. The lowest BCUT2D eigenvalue weighted by atomic mass is 10.0. The summed E-state index contributed by atoms with van der Waals surface area (Å²) in [6.07, 6.45) is 0. The van der Waals surface area contributed by atoms with Crippen LogP contribution < -0.4 is 10.9 Å². The summed E-state index contributed by atoms with van der Waals surface area (Å²) in [5.41, 5.74) is 2.39. The van der Waals surface area contributed by atoms with Gasteiger partial charge in [0.05, 0.1) is 17.0 Å². The maximum absolute atomic E-state index is 13.4. The molecule has 1 N–H and O–H groups in total. The molecule has 0 aliphatic carbocycles. The number of amides is 1. The Labute approximate surface area is 194 Å². The van der Waals surface area contributed by atoms with E-state index in [1.807, 2.05) is 30.3 Å². The van der Waals surface area contributed by atoms with Crippen molar-refractivity contribution in [1.29, 1.82) is 0 Å². The first kappa shape index (κ1) is 22.0. The van der Waals surface area contributed by atoms with Crippen LogP contribution >= 0.6 is 35.1 Å². The number of carbonyl (C=O) groups excluding carboxylic acids is 1. The molecule has 0 spiro atoms. The number of rotatable bonds is 6. The second kappa shape index (κ2) is 9.51. The minimum atomic E-state index is -0.111. The summed E-state index contributed by atoms with van der Waals surface area (Å²) in [5.74, 6) is 0.175. The number of nitrogens with one attached hydrogen (secondary N) is 1. The predicted octanol–water partition coefficient (Wildman–Crippen LogP) is 4.89. The Morgan fingerprint density at radius 2 is 1.87 bits per heavy atom. The molecule has 1 aliphatic rings. The van der Waals surface area contributed by atoms with Crippen molar-refractivity contribution in [2.75, 3.05) is 5.75 Å². The number of fused-ring (bicyclic) bond motifs is 1. The molecule has 2 atom stereocenters. The van der Waals surface area contributed by atoms with E-state index >= 15 is 0 Å². The lowest BCUT2D eigenvalue weighted by Crippen LogP contribution is -2.28. The fourth-order valence-electron chi connectivity index (χ4n) is 3.38. The van der Waals surface area contributed by atoms with Crippen molar-refractivity contribution in [3.63, 3.8) is 0 Å². The Balaban J connectivity index is 1.60. The van der Waals surface area contributed by atoms with Gasteiger partial charge in [-0.1, -0.05) is 67.5 Å². The third kappa shape index (κ3) is 4.84. The van der Waals surface area contributed by atoms with Gasteiger partial charge in [0.25, 0.3) is 5.56 Å². The molecule has 0 bridgehead atoms. The molecule has 8 heteroatoms. The van der Waals surface area contributed by atoms with Crippen LogP contribution in [0, 0.1) is 0 Å². The first-order valence-corrected chi connectivity index (χ1v) is 12.2. The van der Waals surface area contributed by atoms with E-state index in [0.29, 0.717) is 22.4 Å². The number of carbonyl (C=O) groups is 1. The van der Waals surface area contributed by atoms with Crippen LogP contribution in [0.5, 0.6) is 0 Å². The van der Waals surface area contributed by atoms with Crippen LogP contribution in [0.1, 0.15) is 30.9 Å². The number of thioether (sulfide) groups is 2. The van der Waals surface area contributed by atoms with E-state index < -0.39 is 0 Å². The van der Waals surface area contributed by atoms with Gasteiger partial charge in [-0.25, -0.2) is 4.98 Å². The van der Waals surface area contributed by atoms with Crippen molar-refractivity contribution in [1.82, 2.24) is 14.9 Å². The summed E-state index contributed by atoms with van der Waals surface area (Å²) in [6, 6.07) is 16.8. The van der Waals surface area contributed by atoms with Crippen LogP contribution in [-0.2, 0) is 11.3 Å². The van der Waals surface area contributed by atoms with Gasteiger partial charge in [-0.05, 0) is 29.8 Å². The van der Waals surface area contributed by atoms with Gasteiger partial charge >= 0.3 is 0 Å². The van der Waals surface area contributed by atoms with E-state index in [1.165, 1.54) is 11.8 Å². The van der Waals surface area contributed by atoms with Crippen molar-refractivity contribution in [3.8, 4) is 5.69 Å². The van der Waals surface area contributed by atoms with Crippen molar-refractivity contribution >= 4 is 41.0 Å².